The van der Waals surface area contributed by atoms with Crippen LogP contribution in [0.25, 0.3) is 0 Å². The molecule has 0 bridgehead atoms. The van der Waals surface area contributed by atoms with Crippen molar-refractivity contribution in [2.75, 3.05) is 0 Å². The summed E-state index contributed by atoms with van der Waals surface area (Å²) in [6, 6.07) is 3.34. The van der Waals surface area contributed by atoms with Crippen molar-refractivity contribution in [3.8, 4) is 11.8 Å². The highest BCUT2D eigenvalue weighted by Gasteiger charge is 1.96. The van der Waals surface area contributed by atoms with Crippen LogP contribution in [0.1, 0.15) is 38.2 Å². The van der Waals surface area contributed by atoms with Crippen molar-refractivity contribution < 1.29 is 8.78 Å². The van der Waals surface area contributed by atoms with Gasteiger partial charge in [-0.2, -0.15) is 0 Å². The Bertz CT molecular complexity index is 352. The van der Waals surface area contributed by atoms with E-state index >= 15 is 0 Å². The molecule has 0 spiro atoms. The van der Waals surface area contributed by atoms with Crippen LogP contribution >= 0.6 is 0 Å². The van der Waals surface area contributed by atoms with Crippen molar-refractivity contribution in [2.45, 2.75) is 32.6 Å². The van der Waals surface area contributed by atoms with E-state index in [-0.39, 0.29) is 0 Å². The van der Waals surface area contributed by atoms with Crippen molar-refractivity contribution >= 4 is 0 Å². The third-order valence-corrected chi connectivity index (χ3v) is 2.00. The highest BCUT2D eigenvalue weighted by atomic mass is 19.1. The van der Waals surface area contributed by atoms with E-state index in [0.29, 0.717) is 5.56 Å². The summed E-state index contributed by atoms with van der Waals surface area (Å²) in [5.41, 5.74) is 0.406. The predicted octanol–water partition coefficient (Wildman–Crippen LogP) is 3.90. The number of benzene rings is 1. The van der Waals surface area contributed by atoms with E-state index in [2.05, 4.69) is 18.8 Å². The maximum atomic E-state index is 12.8. The molecule has 0 unspecified atom stereocenters. The van der Waals surface area contributed by atoms with E-state index in [9.17, 15) is 8.78 Å². The van der Waals surface area contributed by atoms with Gasteiger partial charge in [-0.3, -0.25) is 0 Å². The lowest BCUT2D eigenvalue weighted by molar-refractivity contribution is 0.582. The number of rotatable bonds is 3. The molecule has 0 amide bonds. The fourth-order valence-corrected chi connectivity index (χ4v) is 1.25. The van der Waals surface area contributed by atoms with Gasteiger partial charge in [-0.15, -0.1) is 0 Å². The smallest absolute Gasteiger partial charge is 0.127 e. The maximum Gasteiger partial charge on any atom is 0.127 e. The van der Waals surface area contributed by atoms with Gasteiger partial charge in [-0.05, 0) is 18.6 Å². The fourth-order valence-electron chi connectivity index (χ4n) is 1.25. The quantitative estimate of drug-likeness (QED) is 0.522. The normalized spacial score (nSPS) is 9.53. The van der Waals surface area contributed by atoms with Crippen molar-refractivity contribution in [3.63, 3.8) is 0 Å². The molecule has 0 aliphatic heterocycles. The first kappa shape index (κ1) is 11.7. The molecule has 1 rings (SSSR count). The zero-order chi connectivity index (χ0) is 11.1. The first-order valence-corrected chi connectivity index (χ1v) is 5.17. The second kappa shape index (κ2) is 6.19. The average Bonchev–Trinajstić information content (AvgIpc) is 2.16. The Morgan fingerprint density at radius 2 is 1.73 bits per heavy atom. The highest BCUT2D eigenvalue weighted by Crippen LogP contribution is 2.06. The summed E-state index contributed by atoms with van der Waals surface area (Å²) in [6.07, 6.45) is 4.12. The zero-order valence-corrected chi connectivity index (χ0v) is 8.82. The molecule has 0 nitrogen and oxygen atoms in total. The first-order chi connectivity index (χ1) is 7.22. The van der Waals surface area contributed by atoms with Gasteiger partial charge in [0.1, 0.15) is 11.6 Å². The number of hydrogen-bond donors (Lipinski definition) is 0. The van der Waals surface area contributed by atoms with Crippen LogP contribution in [0.15, 0.2) is 18.2 Å². The van der Waals surface area contributed by atoms with Gasteiger partial charge >= 0.3 is 0 Å². The lowest BCUT2D eigenvalue weighted by Gasteiger charge is -1.93. The number of unbranched alkanes of at least 4 members (excludes halogenated alkanes) is 3. The minimum atomic E-state index is -0.576. The lowest BCUT2D eigenvalue weighted by Crippen LogP contribution is -1.82. The van der Waals surface area contributed by atoms with Crippen LogP contribution in [0.5, 0.6) is 0 Å². The Morgan fingerprint density at radius 3 is 2.33 bits per heavy atom. The molecule has 0 aliphatic carbocycles. The monoisotopic (exact) mass is 208 g/mol. The van der Waals surface area contributed by atoms with E-state index in [1.165, 1.54) is 12.1 Å². The molecule has 0 atom stereocenters. The standard InChI is InChI=1S/C13H14F2/c1-2-3-4-5-6-7-11-8-12(14)10-13(15)9-11/h8-10H,2-5H2,1H3. The Hall–Kier alpha value is -1.36. The van der Waals surface area contributed by atoms with Gasteiger partial charge < -0.3 is 0 Å². The van der Waals surface area contributed by atoms with Crippen LogP contribution < -0.4 is 0 Å². The SMILES string of the molecule is CCCCCC#Cc1cc(F)cc(F)c1. The van der Waals surface area contributed by atoms with Crippen LogP contribution in [-0.2, 0) is 0 Å². The van der Waals surface area contributed by atoms with Gasteiger partial charge in [0.25, 0.3) is 0 Å². The summed E-state index contributed by atoms with van der Waals surface area (Å²) in [7, 11) is 0. The summed E-state index contributed by atoms with van der Waals surface area (Å²) in [4.78, 5) is 0. The van der Waals surface area contributed by atoms with E-state index in [1.54, 1.807) is 0 Å². The average molecular weight is 208 g/mol. The highest BCUT2D eigenvalue weighted by molar-refractivity contribution is 5.34. The summed E-state index contributed by atoms with van der Waals surface area (Å²) in [5.74, 6) is 4.51. The Morgan fingerprint density at radius 1 is 1.07 bits per heavy atom. The molecule has 0 N–H and O–H groups in total. The van der Waals surface area contributed by atoms with Crippen LogP contribution in [-0.4, -0.2) is 0 Å². The second-order valence-electron chi connectivity index (χ2n) is 3.42. The molecule has 0 saturated heterocycles. The topological polar surface area (TPSA) is 0 Å². The second-order valence-corrected chi connectivity index (χ2v) is 3.42. The molecule has 15 heavy (non-hydrogen) atoms. The van der Waals surface area contributed by atoms with Crippen molar-refractivity contribution in [3.05, 3.63) is 35.4 Å². The molecule has 0 fully saturated rings. The van der Waals surface area contributed by atoms with E-state index in [0.717, 1.165) is 31.7 Å². The van der Waals surface area contributed by atoms with E-state index < -0.39 is 11.6 Å². The van der Waals surface area contributed by atoms with Crippen LogP contribution in [0.2, 0.25) is 0 Å². The van der Waals surface area contributed by atoms with Gasteiger partial charge in [-0.1, -0.05) is 31.6 Å². The molecule has 80 valence electrons. The molecule has 0 aromatic heterocycles. The molecule has 0 heterocycles. The molecule has 0 radical (unpaired) electrons. The van der Waals surface area contributed by atoms with Crippen LogP contribution in [0.3, 0.4) is 0 Å². The Labute approximate surface area is 89.3 Å². The predicted molar refractivity (Wildman–Crippen MR) is 57.4 cm³/mol. The zero-order valence-electron chi connectivity index (χ0n) is 8.82. The number of halogens is 2. The summed E-state index contributed by atoms with van der Waals surface area (Å²) in [5, 5.41) is 0. The van der Waals surface area contributed by atoms with Gasteiger partial charge in [0.2, 0.25) is 0 Å². The minimum Gasteiger partial charge on any atom is -0.207 e. The van der Waals surface area contributed by atoms with Gasteiger partial charge in [0.15, 0.2) is 0 Å². The molecule has 2 heteroatoms. The minimum absolute atomic E-state index is 0.406. The molecule has 0 aliphatic rings. The summed E-state index contributed by atoms with van der Waals surface area (Å²) in [6.45, 7) is 2.12. The summed E-state index contributed by atoms with van der Waals surface area (Å²) < 4.78 is 25.5. The Balaban J connectivity index is 2.55. The van der Waals surface area contributed by atoms with Gasteiger partial charge in [0.05, 0.1) is 0 Å². The molecule has 1 aromatic carbocycles. The van der Waals surface area contributed by atoms with E-state index in [1.807, 2.05) is 0 Å². The van der Waals surface area contributed by atoms with Crippen molar-refractivity contribution in [1.29, 1.82) is 0 Å². The summed E-state index contributed by atoms with van der Waals surface area (Å²) >= 11 is 0. The van der Waals surface area contributed by atoms with Crippen molar-refractivity contribution in [2.24, 2.45) is 0 Å². The first-order valence-electron chi connectivity index (χ1n) is 5.17. The lowest BCUT2D eigenvalue weighted by atomic mass is 10.2. The van der Waals surface area contributed by atoms with E-state index in [4.69, 9.17) is 0 Å². The largest absolute Gasteiger partial charge is 0.207 e. The third kappa shape index (κ3) is 4.60. The van der Waals surface area contributed by atoms with Gasteiger partial charge in [0, 0.05) is 18.1 Å². The number of hydrogen-bond acceptors (Lipinski definition) is 0. The molecular formula is C13H14F2. The maximum absolute atomic E-state index is 12.8. The van der Waals surface area contributed by atoms with Gasteiger partial charge in [-0.25, -0.2) is 8.78 Å². The van der Waals surface area contributed by atoms with Crippen LogP contribution in [0.4, 0.5) is 8.78 Å². The molecule has 0 saturated carbocycles. The third-order valence-electron chi connectivity index (χ3n) is 2.00. The fraction of sp³-hybridized carbons (Fsp3) is 0.385. The molecular weight excluding hydrogens is 194 g/mol. The molecule has 1 aromatic rings. The Kier molecular flexibility index (Phi) is 4.83. The van der Waals surface area contributed by atoms with Crippen LogP contribution in [0, 0.1) is 23.5 Å². The van der Waals surface area contributed by atoms with Crippen molar-refractivity contribution in [1.82, 2.24) is 0 Å².